The Morgan fingerprint density at radius 1 is 1.71 bits per heavy atom. The summed E-state index contributed by atoms with van der Waals surface area (Å²) in [6.45, 7) is 4.76. The number of H-pyrrole nitrogens is 1. The van der Waals surface area contributed by atoms with Gasteiger partial charge in [0.05, 0.1) is 6.20 Å². The summed E-state index contributed by atoms with van der Waals surface area (Å²) in [5.41, 5.74) is 0.313. The Bertz CT molecular complexity index is 286. The summed E-state index contributed by atoms with van der Waals surface area (Å²) < 4.78 is 0. The molecule has 0 saturated carbocycles. The molecule has 1 aromatic heterocycles. The third-order valence-electron chi connectivity index (χ3n) is 1.83. The van der Waals surface area contributed by atoms with Crippen LogP contribution in [0, 0.1) is 5.92 Å². The fourth-order valence-electron chi connectivity index (χ4n) is 0.827. The molecule has 1 heterocycles. The van der Waals surface area contributed by atoms with E-state index in [-0.39, 0.29) is 10.7 Å². The van der Waals surface area contributed by atoms with Crippen LogP contribution in [0.4, 0.5) is 0 Å². The van der Waals surface area contributed by atoms with Gasteiger partial charge in [0.25, 0.3) is 5.91 Å². The van der Waals surface area contributed by atoms with Gasteiger partial charge in [0.2, 0.25) is 0 Å². The van der Waals surface area contributed by atoms with E-state index in [0.29, 0.717) is 18.2 Å². The quantitative estimate of drug-likeness (QED) is 0.793. The van der Waals surface area contributed by atoms with E-state index < -0.39 is 0 Å². The molecule has 1 atom stereocenters. The molecule has 78 valence electrons. The zero-order chi connectivity index (χ0) is 10.6. The largest absolute Gasteiger partial charge is 0.349 e. The number of carbonyl (C=O) groups excluding carboxylic acids is 1. The molecule has 0 fully saturated rings. The fraction of sp³-hybridized carbons (Fsp3) is 0.625. The Labute approximate surface area is 90.8 Å². The van der Waals surface area contributed by atoms with E-state index in [9.17, 15) is 4.79 Å². The maximum Gasteiger partial charge on any atom is 0.273 e. The Morgan fingerprint density at radius 3 is 2.93 bits per heavy atom. The van der Waals surface area contributed by atoms with Crippen molar-refractivity contribution in [2.45, 2.75) is 18.7 Å². The maximum absolute atomic E-state index is 11.4. The molecule has 0 bridgehead atoms. The zero-order valence-corrected chi connectivity index (χ0v) is 9.71. The lowest BCUT2D eigenvalue weighted by Gasteiger charge is -2.13. The van der Waals surface area contributed by atoms with Crippen molar-refractivity contribution in [3.8, 4) is 0 Å². The first-order valence-corrected chi connectivity index (χ1v) is 5.31. The minimum absolute atomic E-state index is 0.205. The molecule has 1 amide bonds. The second-order valence-corrected chi connectivity index (χ2v) is 4.50. The third kappa shape index (κ3) is 3.10. The van der Waals surface area contributed by atoms with Gasteiger partial charge in [-0.3, -0.25) is 4.79 Å². The average Bonchev–Trinajstić information content (AvgIpc) is 2.66. The van der Waals surface area contributed by atoms with Gasteiger partial charge in [-0.25, -0.2) is 0 Å². The molecule has 0 aromatic carbocycles. The molecule has 5 nitrogen and oxygen atoms in total. The van der Waals surface area contributed by atoms with Crippen LogP contribution in [0.2, 0.25) is 0 Å². The second kappa shape index (κ2) is 5.09. The maximum atomic E-state index is 11.4. The van der Waals surface area contributed by atoms with Crippen LogP contribution in [-0.4, -0.2) is 32.7 Å². The van der Waals surface area contributed by atoms with Gasteiger partial charge in [0, 0.05) is 11.4 Å². The molecular formula is C8H13BrN4O. The van der Waals surface area contributed by atoms with Gasteiger partial charge in [-0.05, 0) is 5.92 Å². The second-order valence-electron chi connectivity index (χ2n) is 3.33. The molecule has 0 saturated heterocycles. The third-order valence-corrected chi connectivity index (χ3v) is 3.21. The van der Waals surface area contributed by atoms with E-state index in [1.807, 2.05) is 0 Å². The summed E-state index contributed by atoms with van der Waals surface area (Å²) in [5.74, 6) is 0.274. The zero-order valence-electron chi connectivity index (χ0n) is 8.12. The van der Waals surface area contributed by atoms with Crippen LogP contribution in [0.5, 0.6) is 0 Å². The van der Waals surface area contributed by atoms with Gasteiger partial charge < -0.3 is 5.32 Å². The standard InChI is InChI=1S/C8H13BrN4O/c1-5(2)6(9)3-10-8(14)7-4-11-13-12-7/h4-6H,3H2,1-2H3,(H,10,14)(H,11,12,13). The van der Waals surface area contributed by atoms with E-state index in [2.05, 4.69) is 50.5 Å². The van der Waals surface area contributed by atoms with Crippen LogP contribution in [0.25, 0.3) is 0 Å². The molecule has 2 N–H and O–H groups in total. The molecular weight excluding hydrogens is 248 g/mol. The molecule has 1 aromatic rings. The van der Waals surface area contributed by atoms with Crippen molar-refractivity contribution >= 4 is 21.8 Å². The fourth-order valence-corrected chi connectivity index (χ4v) is 0.989. The Balaban J connectivity index is 2.36. The Kier molecular flexibility index (Phi) is 4.06. The van der Waals surface area contributed by atoms with Gasteiger partial charge in [-0.2, -0.15) is 15.4 Å². The summed E-state index contributed by atoms with van der Waals surface area (Å²) in [6.07, 6.45) is 1.40. The van der Waals surface area contributed by atoms with Crippen molar-refractivity contribution in [1.82, 2.24) is 20.7 Å². The topological polar surface area (TPSA) is 70.7 Å². The van der Waals surface area contributed by atoms with Crippen LogP contribution >= 0.6 is 15.9 Å². The van der Waals surface area contributed by atoms with Gasteiger partial charge in [0.1, 0.15) is 0 Å². The summed E-state index contributed by atoms with van der Waals surface area (Å²) >= 11 is 3.48. The highest BCUT2D eigenvalue weighted by atomic mass is 79.9. The number of aromatic nitrogens is 3. The number of rotatable bonds is 4. The van der Waals surface area contributed by atoms with Crippen LogP contribution < -0.4 is 5.32 Å². The van der Waals surface area contributed by atoms with Gasteiger partial charge in [-0.1, -0.05) is 29.8 Å². The SMILES string of the molecule is CC(C)C(Br)CNC(=O)c1cn[nH]n1. The molecule has 0 radical (unpaired) electrons. The number of hydrogen-bond donors (Lipinski definition) is 2. The van der Waals surface area contributed by atoms with Crippen molar-refractivity contribution in [2.75, 3.05) is 6.54 Å². The summed E-state index contributed by atoms with van der Waals surface area (Å²) in [7, 11) is 0. The highest BCUT2D eigenvalue weighted by molar-refractivity contribution is 9.09. The molecule has 6 heteroatoms. The predicted molar refractivity (Wildman–Crippen MR) is 56.3 cm³/mol. The predicted octanol–water partition coefficient (Wildman–Crippen LogP) is 0.954. The molecule has 14 heavy (non-hydrogen) atoms. The van der Waals surface area contributed by atoms with Crippen LogP contribution in [0.15, 0.2) is 6.20 Å². The number of aromatic amines is 1. The molecule has 1 unspecified atom stereocenters. The first kappa shape index (κ1) is 11.2. The average molecular weight is 261 g/mol. The van der Waals surface area contributed by atoms with Crippen molar-refractivity contribution in [2.24, 2.45) is 5.92 Å². The highest BCUT2D eigenvalue weighted by Gasteiger charge is 2.12. The number of nitrogens with one attached hydrogen (secondary N) is 2. The number of hydrogen-bond acceptors (Lipinski definition) is 3. The van der Waals surface area contributed by atoms with Gasteiger partial charge >= 0.3 is 0 Å². The first-order valence-electron chi connectivity index (χ1n) is 4.39. The first-order chi connectivity index (χ1) is 6.61. The molecule has 0 aliphatic heterocycles. The van der Waals surface area contributed by atoms with Crippen molar-refractivity contribution in [3.63, 3.8) is 0 Å². The van der Waals surface area contributed by atoms with E-state index in [1.165, 1.54) is 6.20 Å². The van der Waals surface area contributed by atoms with E-state index in [4.69, 9.17) is 0 Å². The van der Waals surface area contributed by atoms with E-state index in [0.717, 1.165) is 0 Å². The van der Waals surface area contributed by atoms with Crippen molar-refractivity contribution in [1.29, 1.82) is 0 Å². The molecule has 0 spiro atoms. The molecule has 1 rings (SSSR count). The number of amides is 1. The van der Waals surface area contributed by atoms with Gasteiger partial charge in [-0.15, -0.1) is 0 Å². The van der Waals surface area contributed by atoms with Crippen molar-refractivity contribution in [3.05, 3.63) is 11.9 Å². The minimum Gasteiger partial charge on any atom is -0.349 e. The van der Waals surface area contributed by atoms with Crippen LogP contribution in [-0.2, 0) is 0 Å². The highest BCUT2D eigenvalue weighted by Crippen LogP contribution is 2.10. The number of carbonyl (C=O) groups is 1. The molecule has 0 aliphatic rings. The minimum atomic E-state index is -0.205. The number of alkyl halides is 1. The normalized spacial score (nSPS) is 12.9. The summed E-state index contributed by atoms with van der Waals surface area (Å²) in [6, 6.07) is 0. The summed E-state index contributed by atoms with van der Waals surface area (Å²) in [5, 5.41) is 12.4. The molecule has 0 aliphatic carbocycles. The lowest BCUT2D eigenvalue weighted by molar-refractivity contribution is 0.0948. The lowest BCUT2D eigenvalue weighted by atomic mass is 10.1. The number of nitrogens with zero attached hydrogens (tertiary/aromatic N) is 2. The van der Waals surface area contributed by atoms with Crippen LogP contribution in [0.3, 0.4) is 0 Å². The Morgan fingerprint density at radius 2 is 2.43 bits per heavy atom. The van der Waals surface area contributed by atoms with Crippen LogP contribution in [0.1, 0.15) is 24.3 Å². The number of halogens is 1. The smallest absolute Gasteiger partial charge is 0.273 e. The lowest BCUT2D eigenvalue weighted by Crippen LogP contribution is -2.31. The summed E-state index contributed by atoms with van der Waals surface area (Å²) in [4.78, 5) is 11.7. The monoisotopic (exact) mass is 260 g/mol. The van der Waals surface area contributed by atoms with Gasteiger partial charge in [0.15, 0.2) is 5.69 Å². The van der Waals surface area contributed by atoms with E-state index >= 15 is 0 Å². The Hall–Kier alpha value is -0.910. The van der Waals surface area contributed by atoms with Crippen molar-refractivity contribution < 1.29 is 4.79 Å². The van der Waals surface area contributed by atoms with E-state index in [1.54, 1.807) is 0 Å².